The van der Waals surface area contributed by atoms with Gasteiger partial charge < -0.3 is 24.6 Å². The molecule has 0 aliphatic rings. The summed E-state index contributed by atoms with van der Waals surface area (Å²) in [4.78, 5) is 10.7. The third-order valence-corrected chi connectivity index (χ3v) is 2.98. The zero-order chi connectivity index (χ0) is 15.9. The van der Waals surface area contributed by atoms with Gasteiger partial charge in [0.1, 0.15) is 6.61 Å². The molecule has 0 aromatic heterocycles. The van der Waals surface area contributed by atoms with Crippen molar-refractivity contribution in [1.82, 2.24) is 0 Å². The highest BCUT2D eigenvalue weighted by atomic mass is 16.5. The normalized spacial score (nSPS) is 10.6. The first-order chi connectivity index (χ1) is 10.6. The molecule has 22 heavy (non-hydrogen) atoms. The Hall–Kier alpha value is -3.02. The van der Waals surface area contributed by atoms with Gasteiger partial charge in [-0.25, -0.2) is 0 Å². The van der Waals surface area contributed by atoms with E-state index in [2.05, 4.69) is 5.16 Å². The van der Waals surface area contributed by atoms with E-state index >= 15 is 0 Å². The number of carboxylic acids is 1. The van der Waals surface area contributed by atoms with Crippen molar-refractivity contribution >= 4 is 12.2 Å². The Labute approximate surface area is 127 Å². The van der Waals surface area contributed by atoms with Crippen molar-refractivity contribution < 1.29 is 24.6 Å². The van der Waals surface area contributed by atoms with Gasteiger partial charge in [-0.2, -0.15) is 0 Å². The van der Waals surface area contributed by atoms with E-state index in [1.165, 1.54) is 25.5 Å². The highest BCUT2D eigenvalue weighted by Crippen LogP contribution is 2.28. The fourth-order valence-corrected chi connectivity index (χ4v) is 1.85. The van der Waals surface area contributed by atoms with Crippen LogP contribution in [0.15, 0.2) is 47.6 Å². The van der Waals surface area contributed by atoms with Crippen molar-refractivity contribution in [3.05, 3.63) is 59.2 Å². The number of methoxy groups -OCH3 is 1. The molecule has 114 valence electrons. The lowest BCUT2D eigenvalue weighted by Gasteiger charge is -2.11. The van der Waals surface area contributed by atoms with E-state index in [0.29, 0.717) is 17.1 Å². The van der Waals surface area contributed by atoms with Gasteiger partial charge in [-0.1, -0.05) is 29.4 Å². The first kappa shape index (κ1) is 15.4. The van der Waals surface area contributed by atoms with Crippen LogP contribution in [-0.4, -0.2) is 24.5 Å². The molecule has 6 heteroatoms. The summed E-state index contributed by atoms with van der Waals surface area (Å²) in [5.41, 5.74) is 1.60. The monoisotopic (exact) mass is 300 g/mol. The van der Waals surface area contributed by atoms with Gasteiger partial charge in [0, 0.05) is 5.56 Å². The maximum Gasteiger partial charge on any atom is 0.161 e. The first-order valence-corrected chi connectivity index (χ1v) is 6.42. The van der Waals surface area contributed by atoms with Crippen molar-refractivity contribution in [3.63, 3.8) is 0 Å². The number of benzene rings is 2. The summed E-state index contributed by atoms with van der Waals surface area (Å²) in [6.45, 7) is 0.261. The van der Waals surface area contributed by atoms with Crippen molar-refractivity contribution in [1.29, 1.82) is 0 Å². The topological polar surface area (TPSA) is 91.2 Å². The molecule has 0 bridgehead atoms. The number of rotatable bonds is 6. The van der Waals surface area contributed by atoms with Gasteiger partial charge in [0.15, 0.2) is 11.5 Å². The molecule has 0 amide bonds. The molecule has 0 radical (unpaired) electrons. The standard InChI is InChI=1S/C16H15NO5/c1-21-15-8-12(9-17-20)4-7-14(15)22-10-11-2-5-13(6-3-11)16(18)19/h2-9,20H,10H2,1H3,(H,18,19)/p-1/b17-9+. The van der Waals surface area contributed by atoms with Crippen LogP contribution in [0.2, 0.25) is 0 Å². The second-order valence-corrected chi connectivity index (χ2v) is 4.43. The SMILES string of the molecule is COc1cc(/C=N/O)ccc1OCc1ccc(C(=O)[O-])cc1. The van der Waals surface area contributed by atoms with Gasteiger partial charge in [0.05, 0.1) is 19.3 Å². The molecular formula is C16H14NO5-. The Kier molecular flexibility index (Phi) is 4.98. The fraction of sp³-hybridized carbons (Fsp3) is 0.125. The lowest BCUT2D eigenvalue weighted by Crippen LogP contribution is -2.22. The van der Waals surface area contributed by atoms with Crippen LogP contribution in [0.3, 0.4) is 0 Å². The predicted octanol–water partition coefficient (Wildman–Crippen LogP) is 1.45. The minimum atomic E-state index is -1.21. The van der Waals surface area contributed by atoms with E-state index in [1.54, 1.807) is 30.3 Å². The third-order valence-electron chi connectivity index (χ3n) is 2.98. The molecule has 0 fully saturated rings. The molecule has 2 rings (SSSR count). The van der Waals surface area contributed by atoms with Gasteiger partial charge in [0.2, 0.25) is 0 Å². The lowest BCUT2D eigenvalue weighted by molar-refractivity contribution is -0.255. The lowest BCUT2D eigenvalue weighted by atomic mass is 10.1. The van der Waals surface area contributed by atoms with E-state index in [4.69, 9.17) is 14.7 Å². The van der Waals surface area contributed by atoms with Crippen LogP contribution in [0.4, 0.5) is 0 Å². The fourth-order valence-electron chi connectivity index (χ4n) is 1.85. The minimum Gasteiger partial charge on any atom is -0.545 e. The quantitative estimate of drug-likeness (QED) is 0.495. The highest BCUT2D eigenvalue weighted by Gasteiger charge is 2.06. The molecule has 2 aromatic carbocycles. The van der Waals surface area contributed by atoms with Crippen molar-refractivity contribution in [2.24, 2.45) is 5.16 Å². The zero-order valence-electron chi connectivity index (χ0n) is 11.9. The number of hydrogen-bond donors (Lipinski definition) is 1. The van der Waals surface area contributed by atoms with E-state index in [9.17, 15) is 9.90 Å². The number of hydrogen-bond acceptors (Lipinski definition) is 6. The van der Waals surface area contributed by atoms with Crippen LogP contribution in [0.1, 0.15) is 21.5 Å². The average Bonchev–Trinajstić information content (AvgIpc) is 2.54. The summed E-state index contributed by atoms with van der Waals surface area (Å²) in [6, 6.07) is 11.3. The third kappa shape index (κ3) is 3.76. The number of carbonyl (C=O) groups excluding carboxylic acids is 1. The smallest absolute Gasteiger partial charge is 0.161 e. The van der Waals surface area contributed by atoms with Crippen molar-refractivity contribution in [2.75, 3.05) is 7.11 Å². The van der Waals surface area contributed by atoms with Crippen molar-refractivity contribution in [2.45, 2.75) is 6.61 Å². The number of carboxylic acid groups (broad SMARTS) is 1. The summed E-state index contributed by atoms with van der Waals surface area (Å²) in [6.07, 6.45) is 1.28. The largest absolute Gasteiger partial charge is 0.545 e. The molecule has 0 aliphatic heterocycles. The summed E-state index contributed by atoms with van der Waals surface area (Å²) in [7, 11) is 1.51. The van der Waals surface area contributed by atoms with E-state index in [0.717, 1.165) is 5.56 Å². The van der Waals surface area contributed by atoms with Gasteiger partial charge in [-0.05, 0) is 29.3 Å². The van der Waals surface area contributed by atoms with Gasteiger partial charge in [-0.15, -0.1) is 0 Å². The maximum absolute atomic E-state index is 10.7. The van der Waals surface area contributed by atoms with Crippen molar-refractivity contribution in [3.8, 4) is 11.5 Å². The summed E-state index contributed by atoms with van der Waals surface area (Å²) < 4.78 is 10.9. The second kappa shape index (κ2) is 7.12. The summed E-state index contributed by atoms with van der Waals surface area (Å²) in [5, 5.41) is 22.1. The van der Waals surface area contributed by atoms with Gasteiger partial charge >= 0.3 is 0 Å². The van der Waals surface area contributed by atoms with Crippen LogP contribution in [0.25, 0.3) is 0 Å². The molecular weight excluding hydrogens is 286 g/mol. The highest BCUT2D eigenvalue weighted by molar-refractivity contribution is 5.85. The van der Waals surface area contributed by atoms with E-state index in [-0.39, 0.29) is 12.2 Å². The molecule has 0 heterocycles. The van der Waals surface area contributed by atoms with E-state index in [1.807, 2.05) is 0 Å². The molecule has 0 aliphatic carbocycles. The average molecular weight is 300 g/mol. The maximum atomic E-state index is 10.7. The Morgan fingerprint density at radius 2 is 1.95 bits per heavy atom. The predicted molar refractivity (Wildman–Crippen MR) is 77.5 cm³/mol. The van der Waals surface area contributed by atoms with Crippen LogP contribution in [0.5, 0.6) is 11.5 Å². The number of nitrogens with zero attached hydrogens (tertiary/aromatic N) is 1. The molecule has 0 saturated heterocycles. The Balaban J connectivity index is 2.09. The first-order valence-electron chi connectivity index (χ1n) is 6.42. The minimum absolute atomic E-state index is 0.119. The molecule has 2 aromatic rings. The van der Waals surface area contributed by atoms with Gasteiger partial charge in [0.25, 0.3) is 0 Å². The Morgan fingerprint density at radius 1 is 1.23 bits per heavy atom. The zero-order valence-corrected chi connectivity index (χ0v) is 11.9. The van der Waals surface area contributed by atoms with Crippen LogP contribution >= 0.6 is 0 Å². The molecule has 0 atom stereocenters. The Bertz CT molecular complexity index is 679. The molecule has 6 nitrogen and oxygen atoms in total. The summed E-state index contributed by atoms with van der Waals surface area (Å²) in [5.74, 6) is -0.180. The van der Waals surface area contributed by atoms with Gasteiger partial charge in [-0.3, -0.25) is 0 Å². The van der Waals surface area contributed by atoms with Crippen LogP contribution in [0, 0.1) is 0 Å². The number of ether oxygens (including phenoxy) is 2. The molecule has 1 N–H and O–H groups in total. The second-order valence-electron chi connectivity index (χ2n) is 4.43. The molecule has 0 saturated carbocycles. The van der Waals surface area contributed by atoms with Crippen LogP contribution in [-0.2, 0) is 6.61 Å². The number of aromatic carboxylic acids is 1. The Morgan fingerprint density at radius 3 is 2.55 bits per heavy atom. The number of carbonyl (C=O) groups is 1. The summed E-state index contributed by atoms with van der Waals surface area (Å²) >= 11 is 0. The van der Waals surface area contributed by atoms with Crippen LogP contribution < -0.4 is 14.6 Å². The molecule has 0 spiro atoms. The molecule has 0 unspecified atom stereocenters. The number of oxime groups is 1. The van der Waals surface area contributed by atoms with E-state index < -0.39 is 5.97 Å².